The number of benzene rings is 1. The van der Waals surface area contributed by atoms with E-state index in [1.54, 1.807) is 12.1 Å². The van der Waals surface area contributed by atoms with Crippen LogP contribution in [0.3, 0.4) is 0 Å². The second-order valence-corrected chi connectivity index (χ2v) is 9.87. The monoisotopic (exact) mass is 460 g/mol. The number of aromatic nitrogens is 2. The van der Waals surface area contributed by atoms with E-state index < -0.39 is 28.0 Å². The van der Waals surface area contributed by atoms with E-state index >= 15 is 0 Å². The van der Waals surface area contributed by atoms with Crippen LogP contribution in [0.25, 0.3) is 6.08 Å². The third kappa shape index (κ3) is 5.63. The summed E-state index contributed by atoms with van der Waals surface area (Å²) in [6.45, 7) is 7.95. The highest BCUT2D eigenvalue weighted by Gasteiger charge is 2.28. The first-order chi connectivity index (χ1) is 15.1. The molecular formula is C22H28N4O5S. The van der Waals surface area contributed by atoms with Gasteiger partial charge in [0.2, 0.25) is 10.0 Å². The minimum Gasteiger partial charge on any atom is -0.392 e. The van der Waals surface area contributed by atoms with E-state index in [1.807, 2.05) is 33.0 Å². The van der Waals surface area contributed by atoms with E-state index in [4.69, 9.17) is 0 Å². The average molecular weight is 461 g/mol. The number of nitrogens with one attached hydrogen (secondary N) is 2. The maximum atomic E-state index is 12.9. The summed E-state index contributed by atoms with van der Waals surface area (Å²) in [4.78, 5) is 27.9. The Balaban J connectivity index is 1.77. The van der Waals surface area contributed by atoms with Gasteiger partial charge in [0.1, 0.15) is 11.9 Å². The summed E-state index contributed by atoms with van der Waals surface area (Å²) < 4.78 is 34.8. The van der Waals surface area contributed by atoms with Crippen LogP contribution < -0.4 is 10.0 Å². The van der Waals surface area contributed by atoms with Gasteiger partial charge in [-0.25, -0.2) is 18.2 Å². The number of sulfonamides is 1. The first-order valence-electron chi connectivity index (χ1n) is 10.4. The van der Waals surface area contributed by atoms with Gasteiger partial charge in [-0.15, -0.1) is 0 Å². The fraction of sp³-hybridized carbons (Fsp3) is 0.409. The van der Waals surface area contributed by atoms with Crippen LogP contribution in [-0.2, 0) is 37.4 Å². The SMILES string of the molecule is CC(=O)OC(=O)[C@H](CC(C)C)NS(=O)(=O)c1ccc(Cn2c(C)nc3c2C=CNC3)cc1. The molecule has 0 spiro atoms. The van der Waals surface area contributed by atoms with Gasteiger partial charge in [-0.1, -0.05) is 26.0 Å². The molecule has 32 heavy (non-hydrogen) atoms. The van der Waals surface area contributed by atoms with Crippen LogP contribution in [0.4, 0.5) is 0 Å². The number of ether oxygens (including phenoxy) is 1. The number of nitrogens with zero attached hydrogens (tertiary/aromatic N) is 2. The molecular weight excluding hydrogens is 432 g/mol. The molecule has 2 heterocycles. The molecule has 2 N–H and O–H groups in total. The Morgan fingerprint density at radius 1 is 1.25 bits per heavy atom. The third-order valence-electron chi connectivity index (χ3n) is 5.01. The summed E-state index contributed by atoms with van der Waals surface area (Å²) in [7, 11) is -3.99. The number of fused-ring (bicyclic) bond motifs is 1. The van der Waals surface area contributed by atoms with Crippen LogP contribution in [0.15, 0.2) is 35.4 Å². The van der Waals surface area contributed by atoms with E-state index in [-0.39, 0.29) is 17.2 Å². The Hall–Kier alpha value is -2.98. The number of hydrogen-bond donors (Lipinski definition) is 2. The molecule has 2 aromatic rings. The molecule has 172 valence electrons. The zero-order valence-corrected chi connectivity index (χ0v) is 19.4. The van der Waals surface area contributed by atoms with E-state index in [0.29, 0.717) is 13.1 Å². The first kappa shape index (κ1) is 23.7. The van der Waals surface area contributed by atoms with Gasteiger partial charge in [0.05, 0.1) is 22.8 Å². The van der Waals surface area contributed by atoms with Gasteiger partial charge in [0.15, 0.2) is 0 Å². The maximum Gasteiger partial charge on any atom is 0.331 e. The van der Waals surface area contributed by atoms with Gasteiger partial charge in [-0.3, -0.25) is 4.79 Å². The molecule has 1 aliphatic heterocycles. The van der Waals surface area contributed by atoms with Crippen LogP contribution >= 0.6 is 0 Å². The predicted molar refractivity (Wildman–Crippen MR) is 119 cm³/mol. The molecule has 9 nitrogen and oxygen atoms in total. The fourth-order valence-corrected chi connectivity index (χ4v) is 4.74. The molecule has 0 amide bonds. The Morgan fingerprint density at radius 2 is 1.94 bits per heavy atom. The molecule has 10 heteroatoms. The van der Waals surface area contributed by atoms with Crippen molar-refractivity contribution in [3.63, 3.8) is 0 Å². The van der Waals surface area contributed by atoms with Gasteiger partial charge in [0, 0.05) is 13.5 Å². The van der Waals surface area contributed by atoms with E-state index in [9.17, 15) is 18.0 Å². The molecule has 0 bridgehead atoms. The topological polar surface area (TPSA) is 119 Å². The fourth-order valence-electron chi connectivity index (χ4n) is 3.54. The van der Waals surface area contributed by atoms with Crippen LogP contribution in [0.5, 0.6) is 0 Å². The molecule has 0 unspecified atom stereocenters. The summed E-state index contributed by atoms with van der Waals surface area (Å²) in [5.74, 6) is -0.801. The van der Waals surface area contributed by atoms with Crippen molar-refractivity contribution >= 4 is 28.0 Å². The molecule has 0 saturated heterocycles. The number of imidazole rings is 1. The summed E-state index contributed by atoms with van der Waals surface area (Å²) in [5.41, 5.74) is 2.91. The molecule has 1 aromatic carbocycles. The lowest BCUT2D eigenvalue weighted by molar-refractivity contribution is -0.159. The van der Waals surface area contributed by atoms with Crippen molar-refractivity contribution in [3.05, 3.63) is 53.2 Å². The Labute approximate surface area is 187 Å². The normalized spacial score (nSPS) is 14.0. The zero-order valence-electron chi connectivity index (χ0n) is 18.6. The van der Waals surface area contributed by atoms with Gasteiger partial charge in [-0.05, 0) is 49.2 Å². The highest BCUT2D eigenvalue weighted by atomic mass is 32.2. The zero-order chi connectivity index (χ0) is 23.5. The van der Waals surface area contributed by atoms with Crippen molar-refractivity contribution in [1.82, 2.24) is 19.6 Å². The van der Waals surface area contributed by atoms with Gasteiger partial charge in [0.25, 0.3) is 0 Å². The average Bonchev–Trinajstić information content (AvgIpc) is 3.02. The largest absolute Gasteiger partial charge is 0.392 e. The molecule has 0 fully saturated rings. The van der Waals surface area contributed by atoms with E-state index in [1.165, 1.54) is 12.1 Å². The van der Waals surface area contributed by atoms with Crippen molar-refractivity contribution in [2.75, 3.05) is 0 Å². The lowest BCUT2D eigenvalue weighted by Gasteiger charge is -2.18. The summed E-state index contributed by atoms with van der Waals surface area (Å²) >= 11 is 0. The quantitative estimate of drug-likeness (QED) is 0.457. The number of carbonyl (C=O) groups excluding carboxylic acids is 2. The van der Waals surface area contributed by atoms with E-state index in [0.717, 1.165) is 29.7 Å². The Bertz CT molecular complexity index is 1130. The first-order valence-corrected chi connectivity index (χ1v) is 11.8. The Morgan fingerprint density at radius 3 is 2.56 bits per heavy atom. The molecule has 3 rings (SSSR count). The van der Waals surface area contributed by atoms with Gasteiger partial charge in [-0.2, -0.15) is 4.72 Å². The van der Waals surface area contributed by atoms with Crippen molar-refractivity contribution in [2.45, 2.75) is 58.1 Å². The van der Waals surface area contributed by atoms with Gasteiger partial charge < -0.3 is 14.6 Å². The summed E-state index contributed by atoms with van der Waals surface area (Å²) in [5, 5.41) is 3.13. The number of rotatable bonds is 8. The van der Waals surface area contributed by atoms with Crippen LogP contribution in [0, 0.1) is 12.8 Å². The number of carbonyl (C=O) groups is 2. The van der Waals surface area contributed by atoms with Crippen molar-refractivity contribution < 1.29 is 22.7 Å². The van der Waals surface area contributed by atoms with Crippen LogP contribution in [-0.4, -0.2) is 35.9 Å². The highest BCUT2D eigenvalue weighted by molar-refractivity contribution is 7.89. The summed E-state index contributed by atoms with van der Waals surface area (Å²) in [6, 6.07) is 5.31. The second kappa shape index (κ2) is 9.66. The van der Waals surface area contributed by atoms with Gasteiger partial charge >= 0.3 is 11.9 Å². The molecule has 1 aromatic heterocycles. The Kier molecular flexibility index (Phi) is 7.15. The standard InChI is InChI=1S/C22H28N4O5S/c1-14(2)11-19(22(28)31-16(4)27)25-32(29,30)18-7-5-17(6-8-18)13-26-15(3)24-20-12-23-10-9-21(20)26/h5-10,14,19,23,25H,11-13H2,1-4H3/t19-/m0/s1. The molecule has 0 saturated carbocycles. The molecule has 1 aliphatic rings. The molecule has 1 atom stereocenters. The van der Waals surface area contributed by atoms with Crippen LogP contribution in [0.1, 0.15) is 50.0 Å². The minimum absolute atomic E-state index is 0.0122. The minimum atomic E-state index is -3.99. The van der Waals surface area contributed by atoms with Crippen LogP contribution in [0.2, 0.25) is 0 Å². The molecule has 0 aliphatic carbocycles. The lowest BCUT2D eigenvalue weighted by Crippen LogP contribution is -2.43. The lowest BCUT2D eigenvalue weighted by atomic mass is 10.1. The predicted octanol–water partition coefficient (Wildman–Crippen LogP) is 2.10. The number of esters is 2. The van der Waals surface area contributed by atoms with Crippen molar-refractivity contribution in [3.8, 4) is 0 Å². The summed E-state index contributed by atoms with van der Waals surface area (Å²) in [6.07, 6.45) is 4.05. The molecule has 0 radical (unpaired) electrons. The smallest absolute Gasteiger partial charge is 0.331 e. The van der Waals surface area contributed by atoms with Crippen molar-refractivity contribution in [2.24, 2.45) is 5.92 Å². The van der Waals surface area contributed by atoms with Crippen molar-refractivity contribution in [1.29, 1.82) is 0 Å². The van der Waals surface area contributed by atoms with E-state index in [2.05, 4.69) is 24.3 Å². The third-order valence-corrected chi connectivity index (χ3v) is 6.50. The highest BCUT2D eigenvalue weighted by Crippen LogP contribution is 2.20. The maximum absolute atomic E-state index is 12.9. The number of hydrogen-bond acceptors (Lipinski definition) is 7. The number of aryl methyl sites for hydroxylation is 1. The second-order valence-electron chi connectivity index (χ2n) is 8.15.